The van der Waals surface area contributed by atoms with Crippen LogP contribution < -0.4 is 5.32 Å². The van der Waals surface area contributed by atoms with E-state index in [1.807, 2.05) is 30.6 Å². The Hall–Kier alpha value is -1.60. The Kier molecular flexibility index (Phi) is 6.84. The van der Waals surface area contributed by atoms with E-state index in [1.54, 1.807) is 11.3 Å². The zero-order chi connectivity index (χ0) is 18.6. The lowest BCUT2D eigenvalue weighted by atomic mass is 9.85. The highest BCUT2D eigenvalue weighted by atomic mass is 32.1. The Balaban J connectivity index is 1.85. The molecule has 0 atom stereocenters. The van der Waals surface area contributed by atoms with E-state index >= 15 is 0 Å². The van der Waals surface area contributed by atoms with Crippen LogP contribution in [0, 0.1) is 6.92 Å². The van der Waals surface area contributed by atoms with Gasteiger partial charge in [-0.15, -0.1) is 11.3 Å². The van der Waals surface area contributed by atoms with Gasteiger partial charge in [0.2, 0.25) is 0 Å². The van der Waals surface area contributed by atoms with E-state index in [9.17, 15) is 9.59 Å². The van der Waals surface area contributed by atoms with Gasteiger partial charge in [0.15, 0.2) is 0 Å². The third-order valence-corrected chi connectivity index (χ3v) is 5.69. The van der Waals surface area contributed by atoms with E-state index in [0.717, 1.165) is 12.8 Å². The number of rotatable bonds is 8. The Morgan fingerprint density at radius 2 is 2.04 bits per heavy atom. The van der Waals surface area contributed by atoms with Gasteiger partial charge in [0.1, 0.15) is 0 Å². The number of aryl methyl sites for hydroxylation is 1. The number of nitrogens with zero attached hydrogens (tertiary/aromatic N) is 2. The fraction of sp³-hybridized carbons (Fsp3) is 0.667. The largest absolute Gasteiger partial charge is 0.480 e. The number of hydrogen-bond acceptors (Lipinski definition) is 4. The molecule has 0 unspecified atom stereocenters. The molecule has 6 nitrogen and oxygen atoms in total. The summed E-state index contributed by atoms with van der Waals surface area (Å²) < 4.78 is 0. The van der Waals surface area contributed by atoms with Crippen LogP contribution in [0.4, 0.5) is 4.79 Å². The number of hydrogen-bond donors (Lipinski definition) is 2. The molecule has 0 saturated heterocycles. The number of likely N-dealkylation sites (N-methyl/N-ethyl adjacent to an activating group) is 1. The highest BCUT2D eigenvalue weighted by Gasteiger charge is 2.35. The second-order valence-corrected chi connectivity index (χ2v) is 8.33. The van der Waals surface area contributed by atoms with Crippen molar-refractivity contribution in [1.82, 2.24) is 15.1 Å². The number of urea groups is 1. The molecule has 140 valence electrons. The average molecular weight is 368 g/mol. The molecule has 1 fully saturated rings. The quantitative estimate of drug-likeness (QED) is 0.741. The van der Waals surface area contributed by atoms with Crippen molar-refractivity contribution in [3.05, 3.63) is 21.9 Å². The molecule has 2 N–H and O–H groups in total. The summed E-state index contributed by atoms with van der Waals surface area (Å²) in [5.41, 5.74) is 0. The van der Waals surface area contributed by atoms with Crippen molar-refractivity contribution in [1.29, 1.82) is 0 Å². The van der Waals surface area contributed by atoms with Gasteiger partial charge in [-0.25, -0.2) is 4.79 Å². The summed E-state index contributed by atoms with van der Waals surface area (Å²) in [5.74, 6) is -0.799. The van der Waals surface area contributed by atoms with Crippen LogP contribution in [0.15, 0.2) is 12.1 Å². The summed E-state index contributed by atoms with van der Waals surface area (Å²) in [6.45, 7) is 9.49. The number of carbonyl (C=O) groups is 2. The maximum Gasteiger partial charge on any atom is 0.318 e. The predicted octanol–water partition coefficient (Wildman–Crippen LogP) is 2.91. The van der Waals surface area contributed by atoms with Crippen LogP contribution in [-0.4, -0.2) is 58.1 Å². The van der Waals surface area contributed by atoms with Crippen molar-refractivity contribution < 1.29 is 14.7 Å². The summed E-state index contributed by atoms with van der Waals surface area (Å²) in [5, 5.41) is 12.1. The highest BCUT2D eigenvalue weighted by molar-refractivity contribution is 7.11. The van der Waals surface area contributed by atoms with Crippen molar-refractivity contribution in [2.75, 3.05) is 13.1 Å². The molecule has 0 aliphatic heterocycles. The minimum atomic E-state index is -0.799. The molecule has 2 amide bonds. The second kappa shape index (κ2) is 8.67. The summed E-state index contributed by atoms with van der Waals surface area (Å²) in [6.07, 6.45) is 1.63. The van der Waals surface area contributed by atoms with E-state index in [0.29, 0.717) is 13.1 Å². The maximum absolute atomic E-state index is 12.6. The summed E-state index contributed by atoms with van der Waals surface area (Å²) in [4.78, 5) is 29.8. The molecule has 2 rings (SSSR count). The van der Waals surface area contributed by atoms with Crippen molar-refractivity contribution in [2.24, 2.45) is 0 Å². The van der Waals surface area contributed by atoms with Crippen LogP contribution in [-0.2, 0) is 11.3 Å². The van der Waals surface area contributed by atoms with Crippen LogP contribution in [0.3, 0.4) is 0 Å². The summed E-state index contributed by atoms with van der Waals surface area (Å²) in [7, 11) is 0. The Morgan fingerprint density at radius 3 is 2.52 bits per heavy atom. The molecule has 1 aromatic rings. The summed E-state index contributed by atoms with van der Waals surface area (Å²) >= 11 is 1.72. The van der Waals surface area contributed by atoms with Gasteiger partial charge in [0.05, 0.1) is 13.1 Å². The van der Waals surface area contributed by atoms with Crippen LogP contribution in [0.25, 0.3) is 0 Å². The minimum Gasteiger partial charge on any atom is -0.480 e. The molecule has 7 heteroatoms. The number of amides is 2. The van der Waals surface area contributed by atoms with Gasteiger partial charge < -0.3 is 15.3 Å². The van der Waals surface area contributed by atoms with Crippen molar-refractivity contribution >= 4 is 23.3 Å². The van der Waals surface area contributed by atoms with Crippen molar-refractivity contribution in [3.63, 3.8) is 0 Å². The van der Waals surface area contributed by atoms with Gasteiger partial charge in [-0.2, -0.15) is 0 Å². The van der Waals surface area contributed by atoms with Crippen molar-refractivity contribution in [2.45, 2.75) is 65.2 Å². The smallest absolute Gasteiger partial charge is 0.318 e. The minimum absolute atomic E-state index is 0.0363. The van der Waals surface area contributed by atoms with Gasteiger partial charge in [-0.05, 0) is 52.3 Å². The topological polar surface area (TPSA) is 72.9 Å². The van der Waals surface area contributed by atoms with Gasteiger partial charge in [0.25, 0.3) is 0 Å². The molecule has 0 bridgehead atoms. The number of carbonyl (C=O) groups excluding carboxylic acids is 1. The molecule has 1 saturated carbocycles. The van der Waals surface area contributed by atoms with Crippen molar-refractivity contribution in [3.8, 4) is 0 Å². The SMILES string of the molecule is CCN(CC(=O)O)C1CC(NC(=O)N(Cc2ccc(C)s2)C(C)C)C1. The Bertz CT molecular complexity index is 596. The normalized spacial score (nSPS) is 19.8. The van der Waals surface area contributed by atoms with Gasteiger partial charge in [0, 0.05) is 27.9 Å². The average Bonchev–Trinajstić information content (AvgIpc) is 2.90. The zero-order valence-electron chi connectivity index (χ0n) is 15.5. The fourth-order valence-corrected chi connectivity index (χ4v) is 4.05. The molecule has 0 radical (unpaired) electrons. The van der Waals surface area contributed by atoms with E-state index in [2.05, 4.69) is 24.4 Å². The molecular weight excluding hydrogens is 338 g/mol. The van der Waals surface area contributed by atoms with Crippen LogP contribution >= 0.6 is 11.3 Å². The van der Waals surface area contributed by atoms with E-state index in [-0.39, 0.29) is 30.7 Å². The first-order chi connectivity index (χ1) is 11.8. The molecule has 1 aliphatic rings. The fourth-order valence-electron chi connectivity index (χ4n) is 3.16. The lowest BCUT2D eigenvalue weighted by molar-refractivity contribution is -0.139. The number of carboxylic acid groups (broad SMARTS) is 1. The lowest BCUT2D eigenvalue weighted by Gasteiger charge is -2.43. The van der Waals surface area contributed by atoms with E-state index < -0.39 is 5.97 Å². The standard InChI is InChI=1S/C18H29N3O3S/c1-5-20(11-17(22)23)15-8-14(9-15)19-18(24)21(12(2)3)10-16-7-6-13(4)25-16/h6-7,12,14-15H,5,8-11H2,1-4H3,(H,19,24)(H,22,23). The van der Waals surface area contributed by atoms with Gasteiger partial charge >= 0.3 is 12.0 Å². The van der Waals surface area contributed by atoms with Gasteiger partial charge in [-0.3, -0.25) is 9.69 Å². The van der Waals surface area contributed by atoms with E-state index in [1.165, 1.54) is 9.75 Å². The van der Waals surface area contributed by atoms with Crippen LogP contribution in [0.2, 0.25) is 0 Å². The van der Waals surface area contributed by atoms with Gasteiger partial charge in [-0.1, -0.05) is 6.92 Å². The zero-order valence-corrected chi connectivity index (χ0v) is 16.3. The van der Waals surface area contributed by atoms with Crippen LogP contribution in [0.1, 0.15) is 43.4 Å². The molecule has 1 aromatic heterocycles. The third-order valence-electron chi connectivity index (χ3n) is 4.71. The maximum atomic E-state index is 12.6. The first-order valence-corrected chi connectivity index (χ1v) is 9.70. The molecule has 0 spiro atoms. The molecule has 25 heavy (non-hydrogen) atoms. The number of carboxylic acids is 1. The Labute approximate surface area is 153 Å². The molecule has 0 aromatic carbocycles. The molecule has 1 aliphatic carbocycles. The summed E-state index contributed by atoms with van der Waals surface area (Å²) in [6, 6.07) is 4.62. The molecular formula is C18H29N3O3S. The number of thiophene rings is 1. The van der Waals surface area contributed by atoms with E-state index in [4.69, 9.17) is 5.11 Å². The second-order valence-electron chi connectivity index (χ2n) is 6.96. The highest BCUT2D eigenvalue weighted by Crippen LogP contribution is 2.26. The predicted molar refractivity (Wildman–Crippen MR) is 100.0 cm³/mol. The number of aliphatic carboxylic acids is 1. The third kappa shape index (κ3) is 5.44. The van der Waals surface area contributed by atoms with Crippen LogP contribution in [0.5, 0.6) is 0 Å². The monoisotopic (exact) mass is 367 g/mol. The first-order valence-electron chi connectivity index (χ1n) is 8.88. The molecule has 1 heterocycles. The number of nitrogens with one attached hydrogen (secondary N) is 1. The Morgan fingerprint density at radius 1 is 1.36 bits per heavy atom. The lowest BCUT2D eigenvalue weighted by Crippen LogP contribution is -2.57. The first kappa shape index (κ1) is 19.7.